The number of rotatable bonds is 7. The van der Waals surface area contributed by atoms with E-state index in [1.54, 1.807) is 30.5 Å². The molecular formula is C21H27N3O3. The molecule has 0 atom stereocenters. The zero-order valence-corrected chi connectivity index (χ0v) is 15.7. The molecule has 1 aliphatic carbocycles. The summed E-state index contributed by atoms with van der Waals surface area (Å²) < 4.78 is 5.21. The lowest BCUT2D eigenvalue weighted by molar-refractivity contribution is -0.130. The van der Waals surface area contributed by atoms with Crippen LogP contribution in [0.4, 0.5) is 5.69 Å². The van der Waals surface area contributed by atoms with E-state index in [-0.39, 0.29) is 18.4 Å². The molecule has 1 fully saturated rings. The summed E-state index contributed by atoms with van der Waals surface area (Å²) in [6.07, 6.45) is 7.43. The van der Waals surface area contributed by atoms with Crippen molar-refractivity contribution >= 4 is 17.5 Å². The van der Waals surface area contributed by atoms with Crippen molar-refractivity contribution in [1.29, 1.82) is 0 Å². The van der Waals surface area contributed by atoms with Gasteiger partial charge in [0.05, 0.1) is 19.4 Å². The van der Waals surface area contributed by atoms with E-state index in [4.69, 9.17) is 4.42 Å². The minimum absolute atomic E-state index is 0.0783. The van der Waals surface area contributed by atoms with Crippen molar-refractivity contribution in [3.8, 4) is 0 Å². The number of amides is 2. The summed E-state index contributed by atoms with van der Waals surface area (Å²) in [5.74, 6) is 0.601. The van der Waals surface area contributed by atoms with Crippen LogP contribution in [0.25, 0.3) is 0 Å². The Balaban J connectivity index is 1.50. The molecule has 1 aliphatic rings. The van der Waals surface area contributed by atoms with Gasteiger partial charge in [-0.3, -0.25) is 9.59 Å². The van der Waals surface area contributed by atoms with E-state index in [1.165, 1.54) is 19.3 Å². The van der Waals surface area contributed by atoms with Crippen molar-refractivity contribution in [2.24, 2.45) is 0 Å². The van der Waals surface area contributed by atoms with Gasteiger partial charge in [-0.2, -0.15) is 0 Å². The third-order valence-electron chi connectivity index (χ3n) is 5.09. The van der Waals surface area contributed by atoms with Crippen LogP contribution in [0, 0.1) is 0 Å². The lowest BCUT2D eigenvalue weighted by atomic mass is 9.94. The van der Waals surface area contributed by atoms with E-state index in [0.29, 0.717) is 23.9 Å². The summed E-state index contributed by atoms with van der Waals surface area (Å²) in [5, 5.41) is 5.96. The van der Waals surface area contributed by atoms with Crippen molar-refractivity contribution < 1.29 is 14.0 Å². The molecule has 1 aromatic heterocycles. The maximum atomic E-state index is 12.4. The van der Waals surface area contributed by atoms with E-state index >= 15 is 0 Å². The van der Waals surface area contributed by atoms with Crippen LogP contribution in [0.5, 0.6) is 0 Å². The number of carbonyl (C=O) groups is 2. The lowest BCUT2D eigenvalue weighted by Gasteiger charge is -2.31. The Morgan fingerprint density at radius 1 is 1.15 bits per heavy atom. The molecule has 2 N–H and O–H groups in total. The maximum absolute atomic E-state index is 12.4. The number of carbonyl (C=O) groups excluding carboxylic acids is 2. The van der Waals surface area contributed by atoms with Gasteiger partial charge < -0.3 is 20.0 Å². The Morgan fingerprint density at radius 2 is 1.96 bits per heavy atom. The molecule has 1 heterocycles. The zero-order valence-electron chi connectivity index (χ0n) is 15.7. The topological polar surface area (TPSA) is 74.6 Å². The second kappa shape index (κ2) is 9.26. The molecule has 144 valence electrons. The third-order valence-corrected chi connectivity index (χ3v) is 5.09. The van der Waals surface area contributed by atoms with Crippen molar-refractivity contribution in [3.63, 3.8) is 0 Å². The highest BCUT2D eigenvalue weighted by atomic mass is 16.3. The summed E-state index contributed by atoms with van der Waals surface area (Å²) >= 11 is 0. The monoisotopic (exact) mass is 369 g/mol. The fraction of sp³-hybridized carbons (Fsp3) is 0.429. The SMILES string of the molecule is CN(C(=O)CNc1cccc(C(=O)NCc2ccco2)c1)C1CCCCC1. The first-order chi connectivity index (χ1) is 13.1. The molecule has 3 rings (SSSR count). The highest BCUT2D eigenvalue weighted by Gasteiger charge is 2.21. The third kappa shape index (κ3) is 5.36. The molecule has 2 aromatic rings. The van der Waals surface area contributed by atoms with Crippen molar-refractivity contribution in [3.05, 3.63) is 54.0 Å². The van der Waals surface area contributed by atoms with Gasteiger partial charge in [0.2, 0.25) is 5.91 Å². The molecule has 0 bridgehead atoms. The second-order valence-electron chi connectivity index (χ2n) is 6.99. The first kappa shape index (κ1) is 19.0. The molecule has 0 radical (unpaired) electrons. The highest BCUT2D eigenvalue weighted by Crippen LogP contribution is 2.21. The maximum Gasteiger partial charge on any atom is 0.251 e. The van der Waals surface area contributed by atoms with Gasteiger partial charge in [0.15, 0.2) is 0 Å². The molecule has 6 nitrogen and oxygen atoms in total. The number of nitrogens with one attached hydrogen (secondary N) is 2. The largest absolute Gasteiger partial charge is 0.467 e. The number of hydrogen-bond donors (Lipinski definition) is 2. The molecule has 0 aliphatic heterocycles. The van der Waals surface area contributed by atoms with Crippen molar-refractivity contribution in [2.45, 2.75) is 44.7 Å². The molecular weight excluding hydrogens is 342 g/mol. The van der Waals surface area contributed by atoms with Crippen LogP contribution in [-0.2, 0) is 11.3 Å². The molecule has 0 spiro atoms. The van der Waals surface area contributed by atoms with Crippen LogP contribution < -0.4 is 10.6 Å². The Morgan fingerprint density at radius 3 is 2.70 bits per heavy atom. The summed E-state index contributed by atoms with van der Waals surface area (Å²) in [6, 6.07) is 11.1. The normalized spacial score (nSPS) is 14.6. The van der Waals surface area contributed by atoms with Crippen LogP contribution >= 0.6 is 0 Å². The summed E-state index contributed by atoms with van der Waals surface area (Å²) in [4.78, 5) is 26.6. The van der Waals surface area contributed by atoms with Gasteiger partial charge >= 0.3 is 0 Å². The highest BCUT2D eigenvalue weighted by molar-refractivity contribution is 5.95. The molecule has 1 aromatic carbocycles. The molecule has 2 amide bonds. The Bertz CT molecular complexity index is 752. The average Bonchev–Trinajstić information content (AvgIpc) is 3.24. The molecule has 0 unspecified atom stereocenters. The van der Waals surface area contributed by atoms with E-state index < -0.39 is 0 Å². The smallest absolute Gasteiger partial charge is 0.251 e. The van der Waals surface area contributed by atoms with E-state index in [9.17, 15) is 9.59 Å². The number of furan rings is 1. The Labute approximate surface area is 159 Å². The van der Waals surface area contributed by atoms with E-state index in [2.05, 4.69) is 10.6 Å². The van der Waals surface area contributed by atoms with Gasteiger partial charge in [-0.05, 0) is 43.2 Å². The van der Waals surface area contributed by atoms with E-state index in [0.717, 1.165) is 18.5 Å². The predicted molar refractivity (Wildman–Crippen MR) is 104 cm³/mol. The average molecular weight is 369 g/mol. The first-order valence-corrected chi connectivity index (χ1v) is 9.53. The number of benzene rings is 1. The van der Waals surface area contributed by atoms with Gasteiger partial charge in [-0.15, -0.1) is 0 Å². The quantitative estimate of drug-likeness (QED) is 0.784. The number of likely N-dealkylation sites (N-methyl/N-ethyl adjacent to an activating group) is 1. The van der Waals surface area contributed by atoms with Crippen LogP contribution in [0.1, 0.15) is 48.2 Å². The fourth-order valence-corrected chi connectivity index (χ4v) is 3.43. The Kier molecular flexibility index (Phi) is 6.52. The van der Waals surface area contributed by atoms with E-state index in [1.807, 2.05) is 24.1 Å². The molecule has 0 saturated heterocycles. The second-order valence-corrected chi connectivity index (χ2v) is 6.99. The summed E-state index contributed by atoms with van der Waals surface area (Å²) in [5.41, 5.74) is 1.30. The summed E-state index contributed by atoms with van der Waals surface area (Å²) in [6.45, 7) is 0.568. The van der Waals surface area contributed by atoms with Gasteiger partial charge in [0.1, 0.15) is 5.76 Å². The first-order valence-electron chi connectivity index (χ1n) is 9.53. The number of hydrogen-bond acceptors (Lipinski definition) is 4. The predicted octanol–water partition coefficient (Wildman–Crippen LogP) is 3.41. The van der Waals surface area contributed by atoms with Crippen molar-refractivity contribution in [1.82, 2.24) is 10.2 Å². The minimum atomic E-state index is -0.180. The number of anilines is 1. The van der Waals surface area contributed by atoms with Gasteiger partial charge in [-0.1, -0.05) is 25.3 Å². The summed E-state index contributed by atoms with van der Waals surface area (Å²) in [7, 11) is 1.89. The minimum Gasteiger partial charge on any atom is -0.467 e. The molecule has 1 saturated carbocycles. The van der Waals surface area contributed by atoms with Gasteiger partial charge in [0.25, 0.3) is 5.91 Å². The lowest BCUT2D eigenvalue weighted by Crippen LogP contribution is -2.41. The van der Waals surface area contributed by atoms with Crippen LogP contribution in [0.2, 0.25) is 0 Å². The number of nitrogens with zero attached hydrogens (tertiary/aromatic N) is 1. The van der Waals surface area contributed by atoms with Gasteiger partial charge in [0, 0.05) is 24.3 Å². The van der Waals surface area contributed by atoms with Crippen LogP contribution in [-0.4, -0.2) is 36.3 Å². The Hall–Kier alpha value is -2.76. The van der Waals surface area contributed by atoms with Crippen LogP contribution in [0.15, 0.2) is 47.1 Å². The fourth-order valence-electron chi connectivity index (χ4n) is 3.43. The standard InChI is InChI=1S/C21H27N3O3/c1-24(18-9-3-2-4-10-18)20(25)15-22-17-8-5-7-16(13-17)21(26)23-14-19-11-6-12-27-19/h5-8,11-13,18,22H,2-4,9-10,14-15H2,1H3,(H,23,26). The van der Waals surface area contributed by atoms with Crippen LogP contribution in [0.3, 0.4) is 0 Å². The van der Waals surface area contributed by atoms with Crippen molar-refractivity contribution in [2.75, 3.05) is 18.9 Å². The van der Waals surface area contributed by atoms with Gasteiger partial charge in [-0.25, -0.2) is 0 Å². The zero-order chi connectivity index (χ0) is 19.1. The molecule has 6 heteroatoms. The molecule has 27 heavy (non-hydrogen) atoms.